The number of aromatic nitrogens is 2. The van der Waals surface area contributed by atoms with E-state index in [9.17, 15) is 9.59 Å². The highest BCUT2D eigenvalue weighted by atomic mass is 35.5. The lowest BCUT2D eigenvalue weighted by molar-refractivity contribution is -0.116. The summed E-state index contributed by atoms with van der Waals surface area (Å²) in [6.45, 7) is 3.48. The smallest absolute Gasteiger partial charge is 0.272 e. The van der Waals surface area contributed by atoms with E-state index in [1.54, 1.807) is 24.3 Å². The van der Waals surface area contributed by atoms with Gasteiger partial charge in [-0.1, -0.05) is 18.5 Å². The summed E-state index contributed by atoms with van der Waals surface area (Å²) in [6.07, 6.45) is 5.87. The minimum atomic E-state index is -0.261. The molecular formula is C25H28ClN5O3. The molecule has 2 aliphatic rings. The molecule has 1 aromatic carbocycles. The number of aldehydes is 1. The van der Waals surface area contributed by atoms with Crippen molar-refractivity contribution in [2.24, 2.45) is 5.41 Å². The SMILES string of the molecule is CC1(C=O)CCN(c2ccc(C(=O)NC3CCC(Oc4ccc(C#N)c(Cl)c4)CC3)nn2)CC1. The van der Waals surface area contributed by atoms with Crippen molar-refractivity contribution in [1.29, 1.82) is 5.26 Å². The Kier molecular flexibility index (Phi) is 7.32. The maximum Gasteiger partial charge on any atom is 0.272 e. The van der Waals surface area contributed by atoms with Gasteiger partial charge in [0.25, 0.3) is 5.91 Å². The van der Waals surface area contributed by atoms with E-state index in [4.69, 9.17) is 21.6 Å². The highest BCUT2D eigenvalue weighted by molar-refractivity contribution is 6.31. The zero-order valence-electron chi connectivity index (χ0n) is 19.2. The largest absolute Gasteiger partial charge is 0.490 e. The van der Waals surface area contributed by atoms with Gasteiger partial charge >= 0.3 is 0 Å². The first kappa shape index (κ1) is 24.0. The number of amides is 1. The molecule has 2 fully saturated rings. The maximum atomic E-state index is 12.7. The normalized spacial score (nSPS) is 21.9. The third-order valence-corrected chi connectivity index (χ3v) is 7.08. The van der Waals surface area contributed by atoms with Crippen LogP contribution in [0.15, 0.2) is 30.3 Å². The van der Waals surface area contributed by atoms with Crippen molar-refractivity contribution in [2.45, 2.75) is 57.6 Å². The second kappa shape index (κ2) is 10.4. The van der Waals surface area contributed by atoms with Gasteiger partial charge in [0, 0.05) is 30.6 Å². The van der Waals surface area contributed by atoms with Crippen molar-refractivity contribution >= 4 is 29.6 Å². The van der Waals surface area contributed by atoms with Crippen molar-refractivity contribution in [3.63, 3.8) is 0 Å². The number of carbonyl (C=O) groups excluding carboxylic acids is 2. The summed E-state index contributed by atoms with van der Waals surface area (Å²) in [5.41, 5.74) is 0.459. The molecular weight excluding hydrogens is 454 g/mol. The van der Waals surface area contributed by atoms with E-state index in [1.807, 2.05) is 19.1 Å². The van der Waals surface area contributed by atoms with Crippen LogP contribution in [0, 0.1) is 16.7 Å². The monoisotopic (exact) mass is 481 g/mol. The Hall–Kier alpha value is -3.18. The Balaban J connectivity index is 1.24. The van der Waals surface area contributed by atoms with E-state index in [-0.39, 0.29) is 23.5 Å². The fourth-order valence-electron chi connectivity index (χ4n) is 4.42. The molecule has 9 heteroatoms. The number of nitrogens with zero attached hydrogens (tertiary/aromatic N) is 4. The molecule has 1 saturated heterocycles. The summed E-state index contributed by atoms with van der Waals surface area (Å²) in [4.78, 5) is 26.0. The van der Waals surface area contributed by atoms with Crippen molar-refractivity contribution in [3.05, 3.63) is 46.6 Å². The molecule has 1 saturated carbocycles. The number of rotatable bonds is 6. The van der Waals surface area contributed by atoms with Crippen LogP contribution in [0.2, 0.25) is 5.02 Å². The summed E-state index contributed by atoms with van der Waals surface area (Å²) < 4.78 is 6.01. The summed E-state index contributed by atoms with van der Waals surface area (Å²) in [7, 11) is 0. The lowest BCUT2D eigenvalue weighted by Crippen LogP contribution is -2.41. The fourth-order valence-corrected chi connectivity index (χ4v) is 4.63. The molecule has 1 aliphatic heterocycles. The highest BCUT2D eigenvalue weighted by Crippen LogP contribution is 2.30. The number of benzene rings is 1. The average Bonchev–Trinajstić information content (AvgIpc) is 2.86. The first-order chi connectivity index (χ1) is 16.4. The topological polar surface area (TPSA) is 108 Å². The van der Waals surface area contributed by atoms with Crippen molar-refractivity contribution in [3.8, 4) is 11.8 Å². The van der Waals surface area contributed by atoms with E-state index in [0.717, 1.165) is 63.7 Å². The number of nitriles is 1. The maximum absolute atomic E-state index is 12.7. The van der Waals surface area contributed by atoms with Gasteiger partial charge in [0.1, 0.15) is 18.1 Å². The Morgan fingerprint density at radius 2 is 1.94 bits per heavy atom. The molecule has 1 aliphatic carbocycles. The van der Waals surface area contributed by atoms with Gasteiger partial charge < -0.3 is 19.7 Å². The number of nitrogens with one attached hydrogen (secondary N) is 1. The molecule has 1 N–H and O–H groups in total. The highest BCUT2D eigenvalue weighted by Gasteiger charge is 2.30. The predicted octanol–water partition coefficient (Wildman–Crippen LogP) is 3.93. The third kappa shape index (κ3) is 5.65. The summed E-state index contributed by atoms with van der Waals surface area (Å²) in [5.74, 6) is 1.15. The van der Waals surface area contributed by atoms with Crippen LogP contribution >= 0.6 is 11.6 Å². The minimum absolute atomic E-state index is 0.0434. The first-order valence-corrected chi connectivity index (χ1v) is 12.0. The van der Waals surface area contributed by atoms with Gasteiger partial charge in [0.15, 0.2) is 11.5 Å². The van der Waals surface area contributed by atoms with Crippen molar-refractivity contribution < 1.29 is 14.3 Å². The van der Waals surface area contributed by atoms with E-state index in [2.05, 4.69) is 20.4 Å². The third-order valence-electron chi connectivity index (χ3n) is 6.77. The van der Waals surface area contributed by atoms with Crippen LogP contribution in [0.4, 0.5) is 5.82 Å². The predicted molar refractivity (Wildman–Crippen MR) is 128 cm³/mol. The molecule has 2 heterocycles. The number of ether oxygens (including phenoxy) is 1. The van der Waals surface area contributed by atoms with Crippen LogP contribution in [-0.4, -0.2) is 47.6 Å². The second-order valence-electron chi connectivity index (χ2n) is 9.35. The molecule has 0 atom stereocenters. The fraction of sp³-hybridized carbons (Fsp3) is 0.480. The number of anilines is 1. The van der Waals surface area contributed by atoms with Crippen molar-refractivity contribution in [1.82, 2.24) is 15.5 Å². The number of halogens is 1. The summed E-state index contributed by atoms with van der Waals surface area (Å²) in [6, 6.07) is 10.7. The van der Waals surface area contributed by atoms with E-state index >= 15 is 0 Å². The lowest BCUT2D eigenvalue weighted by Gasteiger charge is -2.36. The molecule has 4 rings (SSSR count). The molecule has 0 spiro atoms. The van der Waals surface area contributed by atoms with E-state index in [0.29, 0.717) is 22.0 Å². The van der Waals surface area contributed by atoms with E-state index in [1.165, 1.54) is 0 Å². The number of piperidine rings is 1. The standard InChI is InChI=1S/C25H28ClN5O3/c1-25(16-32)10-12-31(13-11-25)23-9-8-22(29-30-23)24(33)28-18-3-6-19(7-4-18)34-20-5-2-17(15-27)21(26)14-20/h2,5,8-9,14,16,18-19H,3-4,6-7,10-13H2,1H3,(H,28,33). The average molecular weight is 482 g/mol. The Morgan fingerprint density at radius 1 is 1.21 bits per heavy atom. The molecule has 178 valence electrons. The van der Waals surface area contributed by atoms with Crippen LogP contribution in [-0.2, 0) is 4.79 Å². The Bertz CT molecular complexity index is 1070. The molecule has 2 aromatic rings. The zero-order chi connectivity index (χ0) is 24.1. The van der Waals surface area contributed by atoms with Crippen LogP contribution in [0.1, 0.15) is 61.5 Å². The Labute approximate surface area is 204 Å². The molecule has 1 amide bonds. The van der Waals surface area contributed by atoms with Gasteiger partial charge in [-0.3, -0.25) is 4.79 Å². The molecule has 0 unspecified atom stereocenters. The van der Waals surface area contributed by atoms with Gasteiger partial charge in [0.05, 0.1) is 16.7 Å². The molecule has 1 aromatic heterocycles. The molecule has 0 radical (unpaired) electrons. The van der Waals surface area contributed by atoms with Gasteiger partial charge in [-0.05, 0) is 62.8 Å². The van der Waals surface area contributed by atoms with E-state index < -0.39 is 0 Å². The van der Waals surface area contributed by atoms with Crippen LogP contribution in [0.3, 0.4) is 0 Å². The van der Waals surface area contributed by atoms with Gasteiger partial charge in [0.2, 0.25) is 0 Å². The second-order valence-corrected chi connectivity index (χ2v) is 9.76. The minimum Gasteiger partial charge on any atom is -0.490 e. The van der Waals surface area contributed by atoms with Crippen LogP contribution in [0.5, 0.6) is 5.75 Å². The van der Waals surface area contributed by atoms with Gasteiger partial charge in [-0.2, -0.15) is 5.26 Å². The lowest BCUT2D eigenvalue weighted by atomic mass is 9.82. The number of hydrogen-bond acceptors (Lipinski definition) is 7. The summed E-state index contributed by atoms with van der Waals surface area (Å²) in [5, 5.41) is 20.8. The number of carbonyl (C=O) groups is 2. The first-order valence-electron chi connectivity index (χ1n) is 11.6. The summed E-state index contributed by atoms with van der Waals surface area (Å²) >= 11 is 6.08. The van der Waals surface area contributed by atoms with Gasteiger partial charge in [-0.15, -0.1) is 10.2 Å². The molecule has 8 nitrogen and oxygen atoms in total. The quantitative estimate of drug-likeness (QED) is 0.622. The Morgan fingerprint density at radius 3 is 2.53 bits per heavy atom. The zero-order valence-corrected chi connectivity index (χ0v) is 19.9. The molecule has 34 heavy (non-hydrogen) atoms. The number of hydrogen-bond donors (Lipinski definition) is 1. The van der Waals surface area contributed by atoms with Crippen LogP contribution < -0.4 is 15.0 Å². The van der Waals surface area contributed by atoms with Gasteiger partial charge in [-0.25, -0.2) is 0 Å². The van der Waals surface area contributed by atoms with Crippen molar-refractivity contribution in [2.75, 3.05) is 18.0 Å². The van der Waals surface area contributed by atoms with Crippen LogP contribution in [0.25, 0.3) is 0 Å². The molecule has 0 bridgehead atoms.